The Balaban J connectivity index is 1.58. The number of halogens is 1. The molecule has 5 nitrogen and oxygen atoms in total. The van der Waals surface area contributed by atoms with Crippen molar-refractivity contribution in [3.8, 4) is 11.4 Å². The number of nitrogens with zero attached hydrogens (tertiary/aromatic N) is 3. The largest absolute Gasteiger partial charge is 0.335 e. The maximum atomic E-state index is 6.06. The second kappa shape index (κ2) is 7.02. The number of benzene rings is 1. The molecule has 5 rings (SSSR count). The average molecular weight is 401 g/mol. The van der Waals surface area contributed by atoms with Gasteiger partial charge in [0.2, 0.25) is 0 Å². The van der Waals surface area contributed by atoms with Crippen molar-refractivity contribution in [3.05, 3.63) is 39.7 Å². The van der Waals surface area contributed by atoms with Crippen molar-refractivity contribution < 1.29 is 4.90 Å². The molecule has 3 heterocycles. The van der Waals surface area contributed by atoms with Crippen molar-refractivity contribution in [3.63, 3.8) is 0 Å². The molecule has 0 bridgehead atoms. The van der Waals surface area contributed by atoms with E-state index in [1.54, 1.807) is 4.90 Å². The first-order valence-corrected chi connectivity index (χ1v) is 10.8. The van der Waals surface area contributed by atoms with Crippen LogP contribution in [0.15, 0.2) is 24.3 Å². The summed E-state index contributed by atoms with van der Waals surface area (Å²) in [6, 6.07) is 7.78. The van der Waals surface area contributed by atoms with Crippen molar-refractivity contribution in [1.29, 1.82) is 0 Å². The molecule has 27 heavy (non-hydrogen) atoms. The van der Waals surface area contributed by atoms with Crippen LogP contribution in [0.1, 0.15) is 16.9 Å². The van der Waals surface area contributed by atoms with Crippen LogP contribution in [0.4, 0.5) is 5.82 Å². The fourth-order valence-corrected chi connectivity index (χ4v) is 5.34. The predicted molar refractivity (Wildman–Crippen MR) is 112 cm³/mol. The smallest absolute Gasteiger partial charge is 0.163 e. The highest BCUT2D eigenvalue weighted by Gasteiger charge is 2.24. The maximum absolute atomic E-state index is 6.06. The van der Waals surface area contributed by atoms with E-state index in [2.05, 4.69) is 17.5 Å². The molecule has 140 valence electrons. The second-order valence-electron chi connectivity index (χ2n) is 7.50. The predicted octanol–water partition coefficient (Wildman–Crippen LogP) is 2.66. The van der Waals surface area contributed by atoms with Gasteiger partial charge < -0.3 is 10.3 Å². The molecule has 3 aromatic rings. The fourth-order valence-electron chi connectivity index (χ4n) is 3.95. The molecule has 1 aromatic carbocycles. The molecule has 7 heteroatoms. The van der Waals surface area contributed by atoms with Crippen LogP contribution < -0.4 is 10.3 Å². The van der Waals surface area contributed by atoms with Crippen molar-refractivity contribution in [2.45, 2.75) is 19.3 Å². The number of aryl methyl sites for hydroxylation is 2. The number of likely N-dealkylation sites (N-methyl/N-ethyl adjacent to an activating group) is 1. The summed E-state index contributed by atoms with van der Waals surface area (Å²) in [4.78, 5) is 14.0. The molecule has 0 unspecified atom stereocenters. The second-order valence-corrected chi connectivity index (χ2v) is 9.02. The molecule has 0 saturated carbocycles. The lowest BCUT2D eigenvalue weighted by atomic mass is 10.1. The summed E-state index contributed by atoms with van der Waals surface area (Å²) in [5.74, 6) is 1.73. The van der Waals surface area contributed by atoms with Gasteiger partial charge in [0.15, 0.2) is 11.6 Å². The van der Waals surface area contributed by atoms with Gasteiger partial charge in [-0.05, 0) is 49.1 Å². The van der Waals surface area contributed by atoms with Crippen LogP contribution in [-0.4, -0.2) is 48.2 Å². The number of anilines is 1. The summed E-state index contributed by atoms with van der Waals surface area (Å²) >= 11 is 7.89. The molecule has 0 radical (unpaired) electrons. The average Bonchev–Trinajstić information content (AvgIpc) is 3.25. The monoisotopic (exact) mass is 400 g/mol. The van der Waals surface area contributed by atoms with Crippen LogP contribution in [0.5, 0.6) is 0 Å². The Bertz CT molecular complexity index is 976. The Kier molecular flexibility index (Phi) is 4.52. The molecule has 2 aliphatic rings. The molecule has 2 N–H and O–H groups in total. The van der Waals surface area contributed by atoms with Crippen LogP contribution in [0.3, 0.4) is 0 Å². The molecule has 0 amide bonds. The summed E-state index contributed by atoms with van der Waals surface area (Å²) in [6.45, 7) is 4.35. The van der Waals surface area contributed by atoms with Gasteiger partial charge in [0, 0.05) is 15.5 Å². The summed E-state index contributed by atoms with van der Waals surface area (Å²) in [7, 11) is 2.25. The van der Waals surface area contributed by atoms with Crippen LogP contribution >= 0.6 is 22.9 Å². The van der Waals surface area contributed by atoms with Crippen LogP contribution in [0, 0.1) is 0 Å². The quantitative estimate of drug-likeness (QED) is 0.709. The highest BCUT2D eigenvalue weighted by Crippen LogP contribution is 2.40. The Hall–Kier alpha value is -1.73. The number of quaternary nitrogens is 1. The Morgan fingerprint density at radius 2 is 1.89 bits per heavy atom. The molecule has 2 aromatic heterocycles. The number of thiophene rings is 1. The van der Waals surface area contributed by atoms with Crippen molar-refractivity contribution in [2.75, 3.05) is 38.7 Å². The molecule has 0 spiro atoms. The summed E-state index contributed by atoms with van der Waals surface area (Å²) in [5.41, 5.74) is 6.09. The number of piperazine rings is 1. The third kappa shape index (κ3) is 3.31. The number of hydrogen-bond donors (Lipinski definition) is 2. The maximum Gasteiger partial charge on any atom is 0.163 e. The van der Waals surface area contributed by atoms with E-state index in [-0.39, 0.29) is 0 Å². The highest BCUT2D eigenvalue weighted by molar-refractivity contribution is 7.19. The van der Waals surface area contributed by atoms with E-state index in [9.17, 15) is 0 Å². The summed E-state index contributed by atoms with van der Waals surface area (Å²) < 4.78 is 0. The standard InChI is InChI=1S/C20H22ClN5S/c1-25-9-11-26(12-10-25)24-19-17-15-3-2-4-16(15)27-20(17)23-18(22-19)13-5-7-14(21)8-6-13/h5-8H,2-4,9-12H2,1H3,(H,22,23,24)/p+1. The van der Waals surface area contributed by atoms with Crippen molar-refractivity contribution in [1.82, 2.24) is 15.0 Å². The number of nitrogens with one attached hydrogen (secondary N) is 2. The lowest BCUT2D eigenvalue weighted by Gasteiger charge is -2.30. The van der Waals surface area contributed by atoms with Gasteiger partial charge in [-0.15, -0.1) is 11.3 Å². The first-order valence-electron chi connectivity index (χ1n) is 9.58. The van der Waals surface area contributed by atoms with E-state index in [4.69, 9.17) is 21.6 Å². The first kappa shape index (κ1) is 17.4. The van der Waals surface area contributed by atoms with E-state index in [0.717, 1.165) is 59.7 Å². The van der Waals surface area contributed by atoms with Crippen LogP contribution in [0.25, 0.3) is 21.6 Å². The third-order valence-corrected chi connectivity index (χ3v) is 6.99. The first-order chi connectivity index (χ1) is 13.2. The number of hydrogen-bond acceptors (Lipinski definition) is 5. The topological polar surface area (TPSA) is 45.5 Å². The Labute approximate surface area is 168 Å². The molecular weight excluding hydrogens is 378 g/mol. The van der Waals surface area contributed by atoms with Gasteiger partial charge in [0.05, 0.1) is 38.6 Å². The van der Waals surface area contributed by atoms with Gasteiger partial charge in [0.25, 0.3) is 0 Å². The normalized spacial score (nSPS) is 18.1. The number of fused-ring (bicyclic) bond motifs is 3. The van der Waals surface area contributed by atoms with Gasteiger partial charge in [-0.25, -0.2) is 15.0 Å². The van der Waals surface area contributed by atoms with E-state index >= 15 is 0 Å². The SMILES string of the molecule is C[NH+]1CCN(Nc2nc(-c3ccc(Cl)cc3)nc3sc4c(c23)CCC4)CC1. The van der Waals surface area contributed by atoms with E-state index < -0.39 is 0 Å². The minimum atomic E-state index is 0.730. The van der Waals surface area contributed by atoms with Crippen LogP contribution in [0.2, 0.25) is 5.02 Å². The Morgan fingerprint density at radius 3 is 2.67 bits per heavy atom. The lowest BCUT2D eigenvalue weighted by molar-refractivity contribution is -0.884. The van der Waals surface area contributed by atoms with E-state index in [0.29, 0.717) is 0 Å². The van der Waals surface area contributed by atoms with Gasteiger partial charge in [-0.3, -0.25) is 0 Å². The lowest BCUT2D eigenvalue weighted by Crippen LogP contribution is -3.12. The van der Waals surface area contributed by atoms with Crippen molar-refractivity contribution in [2.24, 2.45) is 0 Å². The molecule has 1 fully saturated rings. The highest BCUT2D eigenvalue weighted by atomic mass is 35.5. The number of rotatable bonds is 3. The van der Waals surface area contributed by atoms with Gasteiger partial charge in [0.1, 0.15) is 4.83 Å². The molecular formula is C20H23ClN5S+. The fraction of sp³-hybridized carbons (Fsp3) is 0.400. The summed E-state index contributed by atoms with van der Waals surface area (Å²) in [6.07, 6.45) is 3.55. The number of hydrazine groups is 1. The van der Waals surface area contributed by atoms with Gasteiger partial charge >= 0.3 is 0 Å². The van der Waals surface area contributed by atoms with Crippen molar-refractivity contribution >= 4 is 39.0 Å². The Morgan fingerprint density at radius 1 is 1.11 bits per heavy atom. The zero-order valence-corrected chi connectivity index (χ0v) is 17.0. The molecule has 1 saturated heterocycles. The van der Waals surface area contributed by atoms with E-state index in [1.165, 1.54) is 28.7 Å². The zero-order chi connectivity index (χ0) is 18.4. The molecule has 0 atom stereocenters. The summed E-state index contributed by atoms with van der Waals surface area (Å²) in [5, 5.41) is 4.27. The number of aromatic nitrogens is 2. The third-order valence-electron chi connectivity index (χ3n) is 5.55. The molecule has 1 aliphatic heterocycles. The minimum absolute atomic E-state index is 0.730. The zero-order valence-electron chi connectivity index (χ0n) is 15.4. The molecule has 1 aliphatic carbocycles. The van der Waals surface area contributed by atoms with Gasteiger partial charge in [-0.2, -0.15) is 0 Å². The van der Waals surface area contributed by atoms with Gasteiger partial charge in [-0.1, -0.05) is 11.6 Å². The minimum Gasteiger partial charge on any atom is -0.335 e. The van der Waals surface area contributed by atoms with E-state index in [1.807, 2.05) is 35.6 Å². The van der Waals surface area contributed by atoms with Crippen LogP contribution in [-0.2, 0) is 12.8 Å².